The van der Waals surface area contributed by atoms with E-state index in [1.807, 2.05) is 56.0 Å². The summed E-state index contributed by atoms with van der Waals surface area (Å²) in [6, 6.07) is 13.0. The van der Waals surface area contributed by atoms with E-state index in [0.29, 0.717) is 41.5 Å². The van der Waals surface area contributed by atoms with Gasteiger partial charge in [-0.2, -0.15) is 4.98 Å². The molecule has 1 saturated heterocycles. The van der Waals surface area contributed by atoms with Crippen molar-refractivity contribution < 1.29 is 14.1 Å². The summed E-state index contributed by atoms with van der Waals surface area (Å²) in [7, 11) is 0. The minimum atomic E-state index is -0.219. The highest BCUT2D eigenvalue weighted by Crippen LogP contribution is 2.31. The molecule has 0 spiro atoms. The molecular weight excluding hydrogens is 392 g/mol. The van der Waals surface area contributed by atoms with Gasteiger partial charge in [0.05, 0.1) is 11.3 Å². The Bertz CT molecular complexity index is 1100. The zero-order valence-corrected chi connectivity index (χ0v) is 18.0. The molecule has 1 aliphatic rings. The molecule has 0 bridgehead atoms. The van der Waals surface area contributed by atoms with Crippen LogP contribution in [-0.4, -0.2) is 33.4 Å². The number of benzene rings is 2. The Morgan fingerprint density at radius 2 is 1.97 bits per heavy atom. The lowest BCUT2D eigenvalue weighted by Gasteiger charge is -2.16. The maximum absolute atomic E-state index is 12.9. The Balaban J connectivity index is 1.52. The van der Waals surface area contributed by atoms with Crippen LogP contribution in [0.3, 0.4) is 0 Å². The van der Waals surface area contributed by atoms with Crippen molar-refractivity contribution >= 4 is 17.5 Å². The van der Waals surface area contributed by atoms with Gasteiger partial charge in [-0.25, -0.2) is 0 Å². The van der Waals surface area contributed by atoms with E-state index in [9.17, 15) is 9.59 Å². The third kappa shape index (κ3) is 4.50. The first-order valence-electron chi connectivity index (χ1n) is 10.5. The molecular formula is C24H26N4O3. The average molecular weight is 418 g/mol. The molecule has 2 amide bonds. The lowest BCUT2D eigenvalue weighted by Crippen LogP contribution is -2.23. The zero-order chi connectivity index (χ0) is 22.0. The van der Waals surface area contributed by atoms with Gasteiger partial charge in [0.1, 0.15) is 0 Å². The summed E-state index contributed by atoms with van der Waals surface area (Å²) < 4.78 is 5.44. The van der Waals surface area contributed by atoms with E-state index in [4.69, 9.17) is 4.52 Å². The Kier molecular flexibility index (Phi) is 5.84. The lowest BCUT2D eigenvalue weighted by molar-refractivity contribution is -0.128. The summed E-state index contributed by atoms with van der Waals surface area (Å²) in [6.45, 7) is 7.30. The molecule has 2 aromatic carbocycles. The molecule has 1 aliphatic heterocycles. The molecule has 7 heteroatoms. The van der Waals surface area contributed by atoms with Crippen LogP contribution >= 0.6 is 0 Å². The highest BCUT2D eigenvalue weighted by atomic mass is 16.5. The van der Waals surface area contributed by atoms with Crippen LogP contribution in [-0.2, 0) is 11.3 Å². The number of para-hydroxylation sites is 1. The van der Waals surface area contributed by atoms with Crippen molar-refractivity contribution in [1.82, 2.24) is 15.0 Å². The molecule has 3 aromatic rings. The van der Waals surface area contributed by atoms with E-state index in [1.54, 1.807) is 12.1 Å². The van der Waals surface area contributed by atoms with Gasteiger partial charge in [0.2, 0.25) is 5.91 Å². The van der Waals surface area contributed by atoms with Gasteiger partial charge in [0.15, 0.2) is 5.82 Å². The zero-order valence-electron chi connectivity index (χ0n) is 18.0. The molecule has 1 N–H and O–H groups in total. The highest BCUT2D eigenvalue weighted by molar-refractivity contribution is 6.06. The Morgan fingerprint density at radius 1 is 1.19 bits per heavy atom. The number of nitrogens with one attached hydrogen (secondary N) is 1. The molecule has 1 fully saturated rings. The number of carbonyl (C=O) groups excluding carboxylic acids is 2. The number of hydrogen-bond donors (Lipinski definition) is 1. The number of aromatic nitrogens is 2. The predicted molar refractivity (Wildman–Crippen MR) is 118 cm³/mol. The molecule has 0 atom stereocenters. The monoisotopic (exact) mass is 418 g/mol. The van der Waals surface area contributed by atoms with Crippen LogP contribution < -0.4 is 5.32 Å². The first kappa shape index (κ1) is 20.8. The number of likely N-dealkylation sites (tertiary alicyclic amines) is 1. The van der Waals surface area contributed by atoms with Crippen molar-refractivity contribution in [3.05, 3.63) is 65.0 Å². The second kappa shape index (κ2) is 8.71. The maximum atomic E-state index is 12.9. The molecule has 2 heterocycles. The number of amides is 2. The van der Waals surface area contributed by atoms with Crippen LogP contribution in [0, 0.1) is 6.92 Å². The van der Waals surface area contributed by atoms with Gasteiger partial charge >= 0.3 is 0 Å². The largest absolute Gasteiger partial charge is 0.338 e. The summed E-state index contributed by atoms with van der Waals surface area (Å²) in [5, 5.41) is 7.03. The van der Waals surface area contributed by atoms with Gasteiger partial charge in [-0.05, 0) is 42.7 Å². The third-order valence-corrected chi connectivity index (χ3v) is 5.46. The van der Waals surface area contributed by atoms with Crippen molar-refractivity contribution in [2.24, 2.45) is 0 Å². The van der Waals surface area contributed by atoms with E-state index in [2.05, 4.69) is 15.5 Å². The minimum absolute atomic E-state index is 0.148. The molecule has 31 heavy (non-hydrogen) atoms. The van der Waals surface area contributed by atoms with Crippen molar-refractivity contribution in [1.29, 1.82) is 0 Å². The van der Waals surface area contributed by atoms with Gasteiger partial charge in [-0.15, -0.1) is 0 Å². The molecule has 7 nitrogen and oxygen atoms in total. The topological polar surface area (TPSA) is 88.3 Å². The number of nitrogens with zero attached hydrogens (tertiary/aromatic N) is 3. The maximum Gasteiger partial charge on any atom is 0.260 e. The second-order valence-corrected chi connectivity index (χ2v) is 8.18. The fourth-order valence-corrected chi connectivity index (χ4v) is 3.63. The highest BCUT2D eigenvalue weighted by Gasteiger charge is 2.21. The Morgan fingerprint density at radius 3 is 2.61 bits per heavy atom. The molecule has 1 aromatic heterocycles. The van der Waals surface area contributed by atoms with Gasteiger partial charge in [0, 0.05) is 31.0 Å². The minimum Gasteiger partial charge on any atom is -0.338 e. The van der Waals surface area contributed by atoms with E-state index in [1.165, 1.54) is 0 Å². The second-order valence-electron chi connectivity index (χ2n) is 8.18. The number of hydrogen-bond acceptors (Lipinski definition) is 5. The number of carbonyl (C=O) groups is 2. The molecule has 160 valence electrons. The van der Waals surface area contributed by atoms with Gasteiger partial charge in [0.25, 0.3) is 11.8 Å². The molecule has 4 rings (SSSR count). The number of anilines is 1. The van der Waals surface area contributed by atoms with Crippen molar-refractivity contribution in [3.63, 3.8) is 0 Å². The number of aryl methyl sites for hydroxylation is 1. The molecule has 0 radical (unpaired) electrons. The van der Waals surface area contributed by atoms with E-state index >= 15 is 0 Å². The van der Waals surface area contributed by atoms with Crippen molar-refractivity contribution in [2.75, 3.05) is 11.9 Å². The number of rotatable bonds is 6. The summed E-state index contributed by atoms with van der Waals surface area (Å²) in [4.78, 5) is 31.1. The fourth-order valence-electron chi connectivity index (χ4n) is 3.63. The van der Waals surface area contributed by atoms with Gasteiger partial charge in [-0.3, -0.25) is 9.59 Å². The molecule has 0 unspecified atom stereocenters. The van der Waals surface area contributed by atoms with E-state index in [-0.39, 0.29) is 17.7 Å². The van der Waals surface area contributed by atoms with Gasteiger partial charge in [-0.1, -0.05) is 43.3 Å². The first-order chi connectivity index (χ1) is 14.9. The first-order valence-corrected chi connectivity index (χ1v) is 10.5. The van der Waals surface area contributed by atoms with Crippen LogP contribution in [0.2, 0.25) is 0 Å². The van der Waals surface area contributed by atoms with Crippen LogP contribution in [0.5, 0.6) is 0 Å². The quantitative estimate of drug-likeness (QED) is 0.635. The SMILES string of the molecule is Cc1cccc(-c2nc(C(C)C)no2)c1NC(=O)c1ccc(CN2CCCC2=O)cc1. The van der Waals surface area contributed by atoms with Crippen LogP contribution in [0.15, 0.2) is 47.0 Å². The van der Waals surface area contributed by atoms with Crippen molar-refractivity contribution in [3.8, 4) is 11.5 Å². The van der Waals surface area contributed by atoms with Crippen LogP contribution in [0.25, 0.3) is 11.5 Å². The normalized spacial score (nSPS) is 13.8. The standard InChI is InChI=1S/C24H26N4O3/c1-15(2)22-26-24(31-27-22)19-7-4-6-16(3)21(19)25-23(30)18-11-9-17(10-12-18)14-28-13-5-8-20(28)29/h4,6-7,9-12,15H,5,8,13-14H2,1-3H3,(H,25,30). The summed E-state index contributed by atoms with van der Waals surface area (Å²) in [6.07, 6.45) is 1.54. The van der Waals surface area contributed by atoms with Crippen molar-refractivity contribution in [2.45, 2.75) is 46.1 Å². The van der Waals surface area contributed by atoms with Gasteiger partial charge < -0.3 is 14.7 Å². The third-order valence-electron chi connectivity index (χ3n) is 5.46. The molecule has 0 aliphatic carbocycles. The van der Waals surface area contributed by atoms with Crippen LogP contribution in [0.4, 0.5) is 5.69 Å². The fraction of sp³-hybridized carbons (Fsp3) is 0.333. The predicted octanol–water partition coefficient (Wildman–Crippen LogP) is 4.54. The van der Waals surface area contributed by atoms with E-state index < -0.39 is 0 Å². The lowest BCUT2D eigenvalue weighted by atomic mass is 10.1. The summed E-state index contributed by atoms with van der Waals surface area (Å²) >= 11 is 0. The summed E-state index contributed by atoms with van der Waals surface area (Å²) in [5.74, 6) is 1.13. The summed E-state index contributed by atoms with van der Waals surface area (Å²) in [5.41, 5.74) is 3.80. The van der Waals surface area contributed by atoms with E-state index in [0.717, 1.165) is 24.1 Å². The van der Waals surface area contributed by atoms with Crippen LogP contribution in [0.1, 0.15) is 59.9 Å². The Labute approximate surface area is 181 Å². The molecule has 0 saturated carbocycles. The smallest absolute Gasteiger partial charge is 0.260 e. The Hall–Kier alpha value is -3.48. The average Bonchev–Trinajstić information content (AvgIpc) is 3.40.